The van der Waals surface area contributed by atoms with Crippen LogP contribution in [0.25, 0.3) is 11.3 Å². The van der Waals surface area contributed by atoms with Gasteiger partial charge in [0.05, 0.1) is 24.5 Å². The number of imidazole rings is 1. The van der Waals surface area contributed by atoms with Crippen LogP contribution in [-0.4, -0.2) is 28.3 Å². The molecule has 1 atom stereocenters. The molecule has 0 spiro atoms. The number of aromatic nitrogens is 2. The molecule has 0 saturated heterocycles. The Bertz CT molecular complexity index is 891. The molecule has 0 aliphatic rings. The summed E-state index contributed by atoms with van der Waals surface area (Å²) < 4.78 is 0. The highest BCUT2D eigenvalue weighted by molar-refractivity contribution is 5.96. The monoisotopic (exact) mass is 362 g/mol. The van der Waals surface area contributed by atoms with E-state index in [1.165, 1.54) is 0 Å². The molecule has 0 fully saturated rings. The number of amides is 2. The number of benzene rings is 2. The van der Waals surface area contributed by atoms with Crippen molar-refractivity contribution >= 4 is 11.8 Å². The summed E-state index contributed by atoms with van der Waals surface area (Å²) >= 11 is 0. The second-order valence-electron chi connectivity index (χ2n) is 6.13. The molecular weight excluding hydrogens is 340 g/mol. The highest BCUT2D eigenvalue weighted by Gasteiger charge is 2.17. The number of aromatic amines is 1. The summed E-state index contributed by atoms with van der Waals surface area (Å²) in [6, 6.07) is 18.4. The normalized spacial score (nSPS) is 11.6. The van der Waals surface area contributed by atoms with E-state index in [0.29, 0.717) is 17.8 Å². The molecule has 1 aromatic heterocycles. The predicted octanol–water partition coefficient (Wildman–Crippen LogP) is 3.07. The minimum atomic E-state index is -0.275. The zero-order valence-corrected chi connectivity index (χ0v) is 15.1. The van der Waals surface area contributed by atoms with Crippen molar-refractivity contribution in [2.24, 2.45) is 0 Å². The van der Waals surface area contributed by atoms with Crippen LogP contribution in [0.2, 0.25) is 0 Å². The second kappa shape index (κ2) is 8.80. The molecule has 3 rings (SSSR count). The van der Waals surface area contributed by atoms with Gasteiger partial charge < -0.3 is 15.6 Å². The average molecular weight is 362 g/mol. The van der Waals surface area contributed by atoms with Crippen LogP contribution >= 0.6 is 0 Å². The molecule has 0 saturated carbocycles. The number of hydrogen-bond donors (Lipinski definition) is 3. The Labute approximate surface area is 158 Å². The van der Waals surface area contributed by atoms with Crippen molar-refractivity contribution in [3.05, 3.63) is 78.2 Å². The Morgan fingerprint density at radius 2 is 1.70 bits per heavy atom. The number of rotatable bonds is 7. The number of nitrogens with one attached hydrogen (secondary N) is 3. The summed E-state index contributed by atoms with van der Waals surface area (Å²) in [7, 11) is 0. The van der Waals surface area contributed by atoms with Crippen LogP contribution in [0.3, 0.4) is 0 Å². The van der Waals surface area contributed by atoms with Crippen molar-refractivity contribution < 1.29 is 9.59 Å². The van der Waals surface area contributed by atoms with E-state index in [0.717, 1.165) is 11.3 Å². The van der Waals surface area contributed by atoms with Gasteiger partial charge in [0.1, 0.15) is 5.82 Å². The maximum Gasteiger partial charge on any atom is 0.251 e. The largest absolute Gasteiger partial charge is 0.345 e. The molecule has 2 amide bonds. The summed E-state index contributed by atoms with van der Waals surface area (Å²) in [5.74, 6) is 0.158. The lowest BCUT2D eigenvalue weighted by atomic mass is 10.2. The highest BCUT2D eigenvalue weighted by atomic mass is 16.2. The van der Waals surface area contributed by atoms with Gasteiger partial charge in [-0.05, 0) is 24.1 Å². The molecule has 27 heavy (non-hydrogen) atoms. The molecular formula is C21H22N4O2. The molecule has 138 valence electrons. The van der Waals surface area contributed by atoms with Crippen molar-refractivity contribution in [1.29, 1.82) is 0 Å². The van der Waals surface area contributed by atoms with E-state index in [4.69, 9.17) is 0 Å². The van der Waals surface area contributed by atoms with Crippen molar-refractivity contribution in [1.82, 2.24) is 20.6 Å². The quantitative estimate of drug-likeness (QED) is 0.604. The number of carbonyl (C=O) groups excluding carboxylic acids is 2. The summed E-state index contributed by atoms with van der Waals surface area (Å²) in [4.78, 5) is 31.9. The van der Waals surface area contributed by atoms with Crippen LogP contribution in [0.15, 0.2) is 66.9 Å². The SMILES string of the molecule is CC[C@H](NC(=O)CNC(=O)c1ccccc1)c1ncc(-c2ccccc2)[nH]1. The molecule has 0 aliphatic carbocycles. The lowest BCUT2D eigenvalue weighted by Gasteiger charge is -2.15. The Kier molecular flexibility index (Phi) is 5.99. The van der Waals surface area contributed by atoms with E-state index in [-0.39, 0.29) is 24.4 Å². The fourth-order valence-electron chi connectivity index (χ4n) is 2.74. The van der Waals surface area contributed by atoms with E-state index in [1.54, 1.807) is 30.5 Å². The van der Waals surface area contributed by atoms with Crippen LogP contribution in [0.1, 0.15) is 35.6 Å². The summed E-state index contributed by atoms with van der Waals surface area (Å²) in [6.45, 7) is 1.88. The number of nitrogens with zero attached hydrogens (tertiary/aromatic N) is 1. The number of H-pyrrole nitrogens is 1. The minimum Gasteiger partial charge on any atom is -0.345 e. The fraction of sp³-hybridized carbons (Fsp3) is 0.190. The fourth-order valence-corrected chi connectivity index (χ4v) is 2.74. The van der Waals surface area contributed by atoms with E-state index in [1.807, 2.05) is 43.3 Å². The molecule has 0 aliphatic heterocycles. The van der Waals surface area contributed by atoms with Gasteiger partial charge in [-0.25, -0.2) is 4.98 Å². The molecule has 0 bridgehead atoms. The number of hydrogen-bond acceptors (Lipinski definition) is 3. The summed E-state index contributed by atoms with van der Waals surface area (Å²) in [5, 5.41) is 5.54. The smallest absolute Gasteiger partial charge is 0.251 e. The van der Waals surface area contributed by atoms with Crippen LogP contribution in [0.4, 0.5) is 0 Å². The van der Waals surface area contributed by atoms with Gasteiger partial charge in [-0.2, -0.15) is 0 Å². The average Bonchev–Trinajstić information content (AvgIpc) is 3.21. The van der Waals surface area contributed by atoms with E-state index >= 15 is 0 Å². The Balaban J connectivity index is 1.58. The Morgan fingerprint density at radius 1 is 1.04 bits per heavy atom. The minimum absolute atomic E-state index is 0.0868. The third-order valence-electron chi connectivity index (χ3n) is 4.20. The van der Waals surface area contributed by atoms with E-state index < -0.39 is 0 Å². The standard InChI is InChI=1S/C21H22N4O2/c1-2-17(20-22-13-18(25-20)15-9-5-3-6-10-15)24-19(26)14-23-21(27)16-11-7-4-8-12-16/h3-13,17H,2,14H2,1H3,(H,22,25)(H,23,27)(H,24,26)/t17-/m0/s1. The van der Waals surface area contributed by atoms with Crippen LogP contribution in [0.5, 0.6) is 0 Å². The van der Waals surface area contributed by atoms with Crippen LogP contribution in [0, 0.1) is 0 Å². The van der Waals surface area contributed by atoms with Crippen LogP contribution < -0.4 is 10.6 Å². The van der Waals surface area contributed by atoms with Gasteiger partial charge in [-0.1, -0.05) is 55.5 Å². The Morgan fingerprint density at radius 3 is 2.37 bits per heavy atom. The highest BCUT2D eigenvalue weighted by Crippen LogP contribution is 2.20. The zero-order valence-electron chi connectivity index (χ0n) is 15.1. The van der Waals surface area contributed by atoms with E-state index in [2.05, 4.69) is 20.6 Å². The van der Waals surface area contributed by atoms with Crippen molar-refractivity contribution in [3.8, 4) is 11.3 Å². The first-order valence-electron chi connectivity index (χ1n) is 8.90. The lowest BCUT2D eigenvalue weighted by Crippen LogP contribution is -2.38. The van der Waals surface area contributed by atoms with Gasteiger partial charge in [0.2, 0.25) is 5.91 Å². The number of carbonyl (C=O) groups is 2. The first-order chi connectivity index (χ1) is 13.2. The third kappa shape index (κ3) is 4.82. The summed E-state index contributed by atoms with van der Waals surface area (Å²) in [6.07, 6.45) is 2.44. The van der Waals surface area contributed by atoms with Crippen LogP contribution in [-0.2, 0) is 4.79 Å². The third-order valence-corrected chi connectivity index (χ3v) is 4.20. The zero-order chi connectivity index (χ0) is 19.1. The second-order valence-corrected chi connectivity index (χ2v) is 6.13. The van der Waals surface area contributed by atoms with Crippen molar-refractivity contribution in [2.45, 2.75) is 19.4 Å². The molecule has 1 heterocycles. The molecule has 3 N–H and O–H groups in total. The molecule has 6 heteroatoms. The van der Waals surface area contributed by atoms with Gasteiger partial charge in [0.25, 0.3) is 5.91 Å². The predicted molar refractivity (Wildman–Crippen MR) is 104 cm³/mol. The molecule has 0 radical (unpaired) electrons. The molecule has 6 nitrogen and oxygen atoms in total. The topological polar surface area (TPSA) is 86.9 Å². The maximum absolute atomic E-state index is 12.2. The van der Waals surface area contributed by atoms with Crippen molar-refractivity contribution in [3.63, 3.8) is 0 Å². The maximum atomic E-state index is 12.2. The van der Waals surface area contributed by atoms with Gasteiger partial charge >= 0.3 is 0 Å². The van der Waals surface area contributed by atoms with Gasteiger partial charge in [0, 0.05) is 5.56 Å². The van der Waals surface area contributed by atoms with Gasteiger partial charge in [-0.3, -0.25) is 9.59 Å². The first kappa shape index (κ1) is 18.4. The molecule has 3 aromatic rings. The van der Waals surface area contributed by atoms with Gasteiger partial charge in [-0.15, -0.1) is 0 Å². The van der Waals surface area contributed by atoms with E-state index in [9.17, 15) is 9.59 Å². The van der Waals surface area contributed by atoms with Gasteiger partial charge in [0.15, 0.2) is 0 Å². The molecule has 0 unspecified atom stereocenters. The Hall–Kier alpha value is -3.41. The lowest BCUT2D eigenvalue weighted by molar-refractivity contribution is -0.121. The molecule has 2 aromatic carbocycles. The summed E-state index contributed by atoms with van der Waals surface area (Å²) in [5.41, 5.74) is 2.46. The van der Waals surface area contributed by atoms with Crippen molar-refractivity contribution in [2.75, 3.05) is 6.54 Å². The first-order valence-corrected chi connectivity index (χ1v) is 8.90.